The molecule has 0 bridgehead atoms. The molecule has 2 aromatic carbocycles. The molecule has 5 heteroatoms. The molecule has 3 aromatic rings. The van der Waals surface area contributed by atoms with Gasteiger partial charge in [0.25, 0.3) is 0 Å². The van der Waals surface area contributed by atoms with Gasteiger partial charge in [-0.15, -0.1) is 0 Å². The van der Waals surface area contributed by atoms with E-state index in [0.717, 1.165) is 33.9 Å². The lowest BCUT2D eigenvalue weighted by Crippen LogP contribution is -2.04. The predicted octanol–water partition coefficient (Wildman–Crippen LogP) is 3.14. The molecule has 0 aliphatic rings. The van der Waals surface area contributed by atoms with Gasteiger partial charge in [-0.3, -0.25) is 0 Å². The summed E-state index contributed by atoms with van der Waals surface area (Å²) < 4.78 is 13.3. The van der Waals surface area contributed by atoms with Crippen molar-refractivity contribution in [1.29, 1.82) is 0 Å². The van der Waals surface area contributed by atoms with E-state index < -0.39 is 0 Å². The number of methoxy groups -OCH3 is 1. The number of esters is 1. The van der Waals surface area contributed by atoms with Crippen LogP contribution < -0.4 is 0 Å². The molecule has 0 spiro atoms. The molecule has 1 aromatic heterocycles. The predicted molar refractivity (Wildman–Crippen MR) is 74.2 cm³/mol. The number of hydrogen-bond acceptors (Lipinski definition) is 5. The van der Waals surface area contributed by atoms with Crippen molar-refractivity contribution in [3.63, 3.8) is 0 Å². The Hall–Kier alpha value is -2.27. The quantitative estimate of drug-likeness (QED) is 0.671. The van der Waals surface area contributed by atoms with Crippen LogP contribution in [0.1, 0.15) is 10.4 Å². The van der Waals surface area contributed by atoms with Gasteiger partial charge in [-0.2, -0.15) is 8.75 Å². The fourth-order valence-corrected chi connectivity index (χ4v) is 2.57. The van der Waals surface area contributed by atoms with Gasteiger partial charge in [0.15, 0.2) is 0 Å². The number of ether oxygens (including phenoxy) is 1. The minimum absolute atomic E-state index is 0.367. The molecule has 1 heterocycles. The molecule has 19 heavy (non-hydrogen) atoms. The second kappa shape index (κ2) is 4.78. The van der Waals surface area contributed by atoms with Gasteiger partial charge in [-0.1, -0.05) is 30.3 Å². The van der Waals surface area contributed by atoms with E-state index in [-0.39, 0.29) is 5.97 Å². The zero-order valence-electron chi connectivity index (χ0n) is 10.2. The van der Waals surface area contributed by atoms with Crippen LogP contribution in [0.25, 0.3) is 22.2 Å². The van der Waals surface area contributed by atoms with Crippen LogP contribution in [0.4, 0.5) is 0 Å². The zero-order valence-corrected chi connectivity index (χ0v) is 11.0. The first-order valence-corrected chi connectivity index (χ1v) is 6.43. The van der Waals surface area contributed by atoms with Crippen molar-refractivity contribution in [2.24, 2.45) is 0 Å². The number of nitrogens with zero attached hydrogens (tertiary/aromatic N) is 2. The second-order valence-corrected chi connectivity index (χ2v) is 4.51. The van der Waals surface area contributed by atoms with Crippen molar-refractivity contribution in [2.75, 3.05) is 7.11 Å². The van der Waals surface area contributed by atoms with Gasteiger partial charge in [0, 0.05) is 5.56 Å². The molecule has 0 fully saturated rings. The standard InChI is InChI=1S/C14H10N2O2S/c1-18-14(17)10-7-8-11-13(16-19-15-11)12(10)9-5-3-2-4-6-9/h2-8H,1H3. The monoisotopic (exact) mass is 270 g/mol. The normalized spacial score (nSPS) is 10.6. The summed E-state index contributed by atoms with van der Waals surface area (Å²) in [6, 6.07) is 13.2. The number of benzene rings is 2. The van der Waals surface area contributed by atoms with Gasteiger partial charge in [0.05, 0.1) is 24.4 Å². The molecule has 4 nitrogen and oxygen atoms in total. The molecular formula is C14H10N2O2S. The molecule has 0 saturated heterocycles. The van der Waals surface area contributed by atoms with E-state index in [1.54, 1.807) is 12.1 Å². The molecule has 94 valence electrons. The summed E-state index contributed by atoms with van der Waals surface area (Å²) in [5, 5.41) is 0. The molecule has 0 aliphatic carbocycles. The fourth-order valence-electron chi connectivity index (χ4n) is 2.03. The number of hydrogen-bond donors (Lipinski definition) is 0. The zero-order chi connectivity index (χ0) is 13.2. The van der Waals surface area contributed by atoms with Crippen LogP contribution in [0.15, 0.2) is 42.5 Å². The van der Waals surface area contributed by atoms with E-state index in [0.29, 0.717) is 5.56 Å². The van der Waals surface area contributed by atoms with E-state index >= 15 is 0 Å². The number of carbonyl (C=O) groups is 1. The molecule has 0 radical (unpaired) electrons. The average molecular weight is 270 g/mol. The van der Waals surface area contributed by atoms with E-state index in [1.807, 2.05) is 30.3 Å². The fraction of sp³-hybridized carbons (Fsp3) is 0.0714. The maximum atomic E-state index is 11.9. The first-order chi connectivity index (χ1) is 9.31. The maximum absolute atomic E-state index is 11.9. The van der Waals surface area contributed by atoms with Crippen molar-refractivity contribution in [3.8, 4) is 11.1 Å². The number of carbonyl (C=O) groups excluding carboxylic acids is 1. The highest BCUT2D eigenvalue weighted by Crippen LogP contribution is 2.31. The Kier molecular flexibility index (Phi) is 2.97. The molecule has 0 N–H and O–H groups in total. The summed E-state index contributed by atoms with van der Waals surface area (Å²) in [6.45, 7) is 0. The smallest absolute Gasteiger partial charge is 0.338 e. The molecule has 0 aliphatic heterocycles. The first kappa shape index (κ1) is 11.8. The summed E-state index contributed by atoms with van der Waals surface area (Å²) in [4.78, 5) is 11.9. The van der Waals surface area contributed by atoms with Gasteiger partial charge in [-0.05, 0) is 17.7 Å². The first-order valence-electron chi connectivity index (χ1n) is 5.70. The lowest BCUT2D eigenvalue weighted by molar-refractivity contribution is 0.0602. The Bertz CT molecular complexity index is 738. The van der Waals surface area contributed by atoms with Crippen molar-refractivity contribution in [1.82, 2.24) is 8.75 Å². The van der Waals surface area contributed by atoms with Crippen LogP contribution in [0.3, 0.4) is 0 Å². The lowest BCUT2D eigenvalue weighted by Gasteiger charge is -2.08. The van der Waals surface area contributed by atoms with Crippen LogP contribution in [0.5, 0.6) is 0 Å². The van der Waals surface area contributed by atoms with Crippen molar-refractivity contribution < 1.29 is 9.53 Å². The molecule has 0 saturated carbocycles. The molecule has 0 amide bonds. The maximum Gasteiger partial charge on any atom is 0.338 e. The highest BCUT2D eigenvalue weighted by molar-refractivity contribution is 7.00. The SMILES string of the molecule is COC(=O)c1ccc2nsnc2c1-c1ccccc1. The third-order valence-electron chi connectivity index (χ3n) is 2.90. The summed E-state index contributed by atoms with van der Waals surface area (Å²) in [6.07, 6.45) is 0. The molecule has 0 unspecified atom stereocenters. The summed E-state index contributed by atoms with van der Waals surface area (Å²) >= 11 is 1.14. The van der Waals surface area contributed by atoms with Crippen LogP contribution in [0, 0.1) is 0 Å². The number of rotatable bonds is 2. The Labute approximate surface area is 114 Å². The van der Waals surface area contributed by atoms with E-state index in [4.69, 9.17) is 4.74 Å². The minimum atomic E-state index is -0.367. The van der Waals surface area contributed by atoms with Crippen molar-refractivity contribution in [3.05, 3.63) is 48.0 Å². The Morgan fingerprint density at radius 1 is 1.11 bits per heavy atom. The Balaban J connectivity index is 2.35. The Morgan fingerprint density at radius 3 is 2.63 bits per heavy atom. The largest absolute Gasteiger partial charge is 0.465 e. The average Bonchev–Trinajstić information content (AvgIpc) is 2.94. The van der Waals surface area contributed by atoms with Gasteiger partial charge in [0.2, 0.25) is 0 Å². The molecular weight excluding hydrogens is 260 g/mol. The second-order valence-electron chi connectivity index (χ2n) is 3.98. The third-order valence-corrected chi connectivity index (χ3v) is 3.44. The highest BCUT2D eigenvalue weighted by atomic mass is 32.1. The van der Waals surface area contributed by atoms with Gasteiger partial charge >= 0.3 is 5.97 Å². The van der Waals surface area contributed by atoms with Crippen LogP contribution >= 0.6 is 11.7 Å². The summed E-state index contributed by atoms with van der Waals surface area (Å²) in [5.74, 6) is -0.367. The number of fused-ring (bicyclic) bond motifs is 1. The van der Waals surface area contributed by atoms with E-state index in [1.165, 1.54) is 7.11 Å². The topological polar surface area (TPSA) is 52.1 Å². The van der Waals surface area contributed by atoms with Gasteiger partial charge < -0.3 is 4.74 Å². The van der Waals surface area contributed by atoms with Gasteiger partial charge in [-0.25, -0.2) is 4.79 Å². The van der Waals surface area contributed by atoms with Crippen molar-refractivity contribution >= 4 is 28.7 Å². The van der Waals surface area contributed by atoms with Gasteiger partial charge in [0.1, 0.15) is 11.0 Å². The lowest BCUT2D eigenvalue weighted by atomic mass is 9.98. The van der Waals surface area contributed by atoms with Crippen LogP contribution in [-0.4, -0.2) is 21.8 Å². The third kappa shape index (κ3) is 1.98. The highest BCUT2D eigenvalue weighted by Gasteiger charge is 2.18. The van der Waals surface area contributed by atoms with E-state index in [9.17, 15) is 4.79 Å². The molecule has 3 rings (SSSR count). The van der Waals surface area contributed by atoms with Crippen LogP contribution in [0.2, 0.25) is 0 Å². The Morgan fingerprint density at radius 2 is 1.89 bits per heavy atom. The van der Waals surface area contributed by atoms with Crippen LogP contribution in [-0.2, 0) is 4.74 Å². The summed E-state index contributed by atoms with van der Waals surface area (Å²) in [7, 11) is 1.38. The minimum Gasteiger partial charge on any atom is -0.465 e. The molecule has 0 atom stereocenters. The van der Waals surface area contributed by atoms with E-state index in [2.05, 4.69) is 8.75 Å². The van der Waals surface area contributed by atoms with Crippen molar-refractivity contribution in [2.45, 2.75) is 0 Å². The number of aromatic nitrogens is 2. The summed E-state index contributed by atoms with van der Waals surface area (Å²) in [5.41, 5.74) is 3.74.